The van der Waals surface area contributed by atoms with E-state index in [4.69, 9.17) is 9.47 Å². The lowest BCUT2D eigenvalue weighted by Gasteiger charge is -2.08. The first-order chi connectivity index (χ1) is 14.6. The largest absolute Gasteiger partial charge is 0.462 e. The summed E-state index contributed by atoms with van der Waals surface area (Å²) >= 11 is 0. The average Bonchev–Trinajstić information content (AvgIpc) is 2.72. The average molecular weight is 431 g/mol. The van der Waals surface area contributed by atoms with E-state index >= 15 is 0 Å². The van der Waals surface area contributed by atoms with Gasteiger partial charge in [-0.05, 0) is 38.1 Å². The van der Waals surface area contributed by atoms with Crippen LogP contribution in [0.3, 0.4) is 0 Å². The van der Waals surface area contributed by atoms with Crippen molar-refractivity contribution in [2.45, 2.75) is 13.8 Å². The van der Waals surface area contributed by atoms with Gasteiger partial charge in [0.2, 0.25) is 0 Å². The molecule has 2 aromatic rings. The summed E-state index contributed by atoms with van der Waals surface area (Å²) in [6.07, 6.45) is 0. The van der Waals surface area contributed by atoms with Crippen molar-refractivity contribution < 1.29 is 33.7 Å². The van der Waals surface area contributed by atoms with Gasteiger partial charge in [0.15, 0.2) is 6.61 Å². The van der Waals surface area contributed by atoms with Gasteiger partial charge in [-0.1, -0.05) is 0 Å². The van der Waals surface area contributed by atoms with Crippen molar-refractivity contribution in [2.24, 2.45) is 0 Å². The second kappa shape index (κ2) is 9.91. The number of nitro groups is 2. The molecule has 2 aromatic carbocycles. The lowest BCUT2D eigenvalue weighted by molar-refractivity contribution is -0.395. The second-order valence-electron chi connectivity index (χ2n) is 6.08. The van der Waals surface area contributed by atoms with Crippen LogP contribution in [-0.4, -0.2) is 40.9 Å². The minimum Gasteiger partial charge on any atom is -0.462 e. The zero-order valence-corrected chi connectivity index (χ0v) is 16.4. The first-order valence-corrected chi connectivity index (χ1v) is 8.81. The Hall–Kier alpha value is -4.35. The van der Waals surface area contributed by atoms with Gasteiger partial charge in [0, 0.05) is 17.8 Å². The van der Waals surface area contributed by atoms with Gasteiger partial charge in [-0.2, -0.15) is 0 Å². The Kier molecular flexibility index (Phi) is 7.33. The summed E-state index contributed by atoms with van der Waals surface area (Å²) in [5.74, 6) is -2.39. The Balaban J connectivity index is 2.04. The molecule has 0 aliphatic rings. The highest BCUT2D eigenvalue weighted by Gasteiger charge is 2.26. The van der Waals surface area contributed by atoms with Gasteiger partial charge in [-0.3, -0.25) is 25.0 Å². The summed E-state index contributed by atoms with van der Waals surface area (Å²) < 4.78 is 9.64. The molecular weight excluding hydrogens is 414 g/mol. The van der Waals surface area contributed by atoms with Crippen molar-refractivity contribution in [3.8, 4) is 0 Å². The summed E-state index contributed by atoms with van der Waals surface area (Å²) in [7, 11) is 0. The maximum atomic E-state index is 12.1. The number of amides is 1. The zero-order chi connectivity index (χ0) is 23.1. The van der Waals surface area contributed by atoms with Crippen molar-refractivity contribution in [3.63, 3.8) is 0 Å². The van der Waals surface area contributed by atoms with E-state index in [1.165, 1.54) is 31.2 Å². The molecule has 0 heterocycles. The van der Waals surface area contributed by atoms with Crippen LogP contribution in [0.1, 0.15) is 33.2 Å². The smallest absolute Gasteiger partial charge is 0.339 e. The number of nitro benzene ring substituents is 2. The number of ether oxygens (including phenoxy) is 2. The maximum absolute atomic E-state index is 12.1. The van der Waals surface area contributed by atoms with Crippen molar-refractivity contribution in [1.29, 1.82) is 0 Å². The molecular formula is C19H17N3O9. The fourth-order valence-corrected chi connectivity index (χ4v) is 2.50. The van der Waals surface area contributed by atoms with Crippen LogP contribution in [0.25, 0.3) is 0 Å². The predicted octanol–water partition coefficient (Wildman–Crippen LogP) is 2.78. The zero-order valence-electron chi connectivity index (χ0n) is 16.4. The fraction of sp³-hybridized carbons (Fsp3) is 0.211. The number of carbonyl (C=O) groups is 3. The van der Waals surface area contributed by atoms with E-state index < -0.39 is 51.2 Å². The van der Waals surface area contributed by atoms with E-state index in [9.17, 15) is 34.6 Å². The molecule has 0 fully saturated rings. The normalized spacial score (nSPS) is 10.1. The summed E-state index contributed by atoms with van der Waals surface area (Å²) in [6, 6.07) is 7.44. The first kappa shape index (κ1) is 22.9. The third kappa shape index (κ3) is 5.82. The molecule has 0 spiro atoms. The van der Waals surface area contributed by atoms with Crippen LogP contribution in [0.4, 0.5) is 17.1 Å². The van der Waals surface area contributed by atoms with Gasteiger partial charge in [0.05, 0.1) is 27.6 Å². The number of benzene rings is 2. The number of nitrogens with zero attached hydrogens (tertiary/aromatic N) is 2. The van der Waals surface area contributed by atoms with Gasteiger partial charge < -0.3 is 14.8 Å². The van der Waals surface area contributed by atoms with Crippen LogP contribution in [0.2, 0.25) is 0 Å². The molecule has 0 radical (unpaired) electrons. The standard InChI is InChI=1S/C19H17N3O9/c1-3-30-18(24)12-4-6-14(7-5-12)20-17(23)10-31-19(25)13-8-15(21(26)27)11(2)16(9-13)22(28)29/h4-9H,3,10H2,1-2H3,(H,20,23). The predicted molar refractivity (Wildman–Crippen MR) is 106 cm³/mol. The number of nitrogens with one attached hydrogen (secondary N) is 1. The monoisotopic (exact) mass is 431 g/mol. The summed E-state index contributed by atoms with van der Waals surface area (Å²) in [6.45, 7) is 2.33. The molecule has 162 valence electrons. The van der Waals surface area contributed by atoms with E-state index in [-0.39, 0.29) is 17.7 Å². The third-order valence-electron chi connectivity index (χ3n) is 4.00. The van der Waals surface area contributed by atoms with E-state index in [0.717, 1.165) is 12.1 Å². The van der Waals surface area contributed by atoms with Crippen molar-refractivity contribution in [1.82, 2.24) is 0 Å². The molecule has 0 bridgehead atoms. The molecule has 0 aliphatic heterocycles. The van der Waals surface area contributed by atoms with Crippen LogP contribution >= 0.6 is 0 Å². The number of anilines is 1. The second-order valence-corrected chi connectivity index (χ2v) is 6.08. The maximum Gasteiger partial charge on any atom is 0.339 e. The number of hydrogen-bond acceptors (Lipinski definition) is 9. The Morgan fingerprint density at radius 2 is 1.42 bits per heavy atom. The van der Waals surface area contributed by atoms with Gasteiger partial charge in [0.1, 0.15) is 5.56 Å². The van der Waals surface area contributed by atoms with Crippen molar-refractivity contribution in [3.05, 3.63) is 73.3 Å². The molecule has 0 unspecified atom stereocenters. The van der Waals surface area contributed by atoms with Crippen LogP contribution < -0.4 is 5.32 Å². The highest BCUT2D eigenvalue weighted by Crippen LogP contribution is 2.29. The molecule has 0 saturated heterocycles. The lowest BCUT2D eigenvalue weighted by Crippen LogP contribution is -2.21. The van der Waals surface area contributed by atoms with Gasteiger partial charge in [-0.25, -0.2) is 9.59 Å². The van der Waals surface area contributed by atoms with Crippen molar-refractivity contribution in [2.75, 3.05) is 18.5 Å². The fourth-order valence-electron chi connectivity index (χ4n) is 2.50. The lowest BCUT2D eigenvalue weighted by atomic mass is 10.1. The summed E-state index contributed by atoms with van der Waals surface area (Å²) in [5, 5.41) is 24.6. The highest BCUT2D eigenvalue weighted by atomic mass is 16.6. The Morgan fingerprint density at radius 3 is 1.90 bits per heavy atom. The Bertz CT molecular complexity index is 1010. The van der Waals surface area contributed by atoms with Crippen LogP contribution in [0.5, 0.6) is 0 Å². The number of esters is 2. The highest BCUT2D eigenvalue weighted by molar-refractivity contribution is 5.97. The molecule has 12 nitrogen and oxygen atoms in total. The number of rotatable bonds is 8. The number of hydrogen-bond donors (Lipinski definition) is 1. The SMILES string of the molecule is CCOC(=O)c1ccc(NC(=O)COC(=O)c2cc([N+](=O)[O-])c(C)c([N+](=O)[O-])c2)cc1. The molecule has 31 heavy (non-hydrogen) atoms. The summed E-state index contributed by atoms with van der Waals surface area (Å²) in [4.78, 5) is 56.2. The van der Waals surface area contributed by atoms with E-state index in [1.54, 1.807) is 6.92 Å². The first-order valence-electron chi connectivity index (χ1n) is 8.81. The molecule has 0 atom stereocenters. The molecule has 2 rings (SSSR count). The van der Waals surface area contributed by atoms with E-state index in [2.05, 4.69) is 5.32 Å². The topological polar surface area (TPSA) is 168 Å². The minimum atomic E-state index is -1.14. The van der Waals surface area contributed by atoms with Gasteiger partial charge >= 0.3 is 11.9 Å². The molecule has 1 N–H and O–H groups in total. The van der Waals surface area contributed by atoms with Crippen LogP contribution in [0.15, 0.2) is 36.4 Å². The Labute approximate surface area is 175 Å². The van der Waals surface area contributed by atoms with Crippen LogP contribution in [-0.2, 0) is 14.3 Å². The molecule has 0 aliphatic carbocycles. The third-order valence-corrected chi connectivity index (χ3v) is 4.00. The molecule has 0 saturated carbocycles. The van der Waals surface area contributed by atoms with Gasteiger partial charge in [0.25, 0.3) is 17.3 Å². The number of carbonyl (C=O) groups excluding carboxylic acids is 3. The van der Waals surface area contributed by atoms with Crippen molar-refractivity contribution >= 4 is 34.9 Å². The van der Waals surface area contributed by atoms with E-state index in [0.29, 0.717) is 5.69 Å². The minimum absolute atomic E-state index is 0.212. The molecule has 0 aromatic heterocycles. The molecule has 12 heteroatoms. The quantitative estimate of drug-likeness (QED) is 0.375. The van der Waals surface area contributed by atoms with Gasteiger partial charge in [-0.15, -0.1) is 0 Å². The van der Waals surface area contributed by atoms with E-state index in [1.807, 2.05) is 0 Å². The molecule has 1 amide bonds. The van der Waals surface area contributed by atoms with Crippen LogP contribution in [0, 0.1) is 27.2 Å². The Morgan fingerprint density at radius 1 is 0.903 bits per heavy atom. The summed E-state index contributed by atoms with van der Waals surface area (Å²) in [5.41, 5.74) is -1.28.